The largest absolute Gasteiger partial charge is 0.457 e. The van der Waals surface area contributed by atoms with Gasteiger partial charge in [0.25, 0.3) is 0 Å². The summed E-state index contributed by atoms with van der Waals surface area (Å²) in [6.45, 7) is 4.19. The van der Waals surface area contributed by atoms with Crippen LogP contribution < -0.4 is 4.74 Å². The smallest absolute Gasteiger partial charge is 0.128 e. The molecule has 0 aliphatic heterocycles. The minimum atomic E-state index is 0.810. The number of benzene rings is 2. The van der Waals surface area contributed by atoms with Gasteiger partial charge in [-0.1, -0.05) is 0 Å². The Kier molecular flexibility index (Phi) is 4.47. The van der Waals surface area contributed by atoms with Crippen molar-refractivity contribution in [2.24, 2.45) is 0 Å². The quantitative estimate of drug-likeness (QED) is 0.310. The van der Waals surface area contributed by atoms with E-state index in [1.807, 2.05) is 49.1 Å². The van der Waals surface area contributed by atoms with Crippen LogP contribution in [0.2, 0.25) is 0 Å². The van der Waals surface area contributed by atoms with Crippen molar-refractivity contribution >= 4 is 21.8 Å². The van der Waals surface area contributed by atoms with Crippen molar-refractivity contribution in [3.8, 4) is 22.9 Å². The van der Waals surface area contributed by atoms with Gasteiger partial charge in [0.1, 0.15) is 11.5 Å². The molecule has 0 saturated carbocycles. The zero-order valence-electron chi connectivity index (χ0n) is 18.4. The first-order valence-electron chi connectivity index (χ1n) is 10.9. The van der Waals surface area contributed by atoms with Gasteiger partial charge < -0.3 is 13.9 Å². The molecule has 4 heterocycles. The summed E-state index contributed by atoms with van der Waals surface area (Å²) in [6.07, 6.45) is 11.6. The maximum atomic E-state index is 6.23. The lowest BCUT2D eigenvalue weighted by Gasteiger charge is -2.10. The predicted molar refractivity (Wildman–Crippen MR) is 132 cm³/mol. The third kappa shape index (κ3) is 3.34. The Hall–Kier alpha value is -4.38. The van der Waals surface area contributed by atoms with Crippen molar-refractivity contribution in [3.63, 3.8) is 0 Å². The van der Waals surface area contributed by atoms with Crippen molar-refractivity contribution in [2.75, 3.05) is 0 Å². The lowest BCUT2D eigenvalue weighted by Crippen LogP contribution is -1.96. The molecule has 0 unspecified atom stereocenters. The molecule has 0 amide bonds. The van der Waals surface area contributed by atoms with Gasteiger partial charge in [-0.05, 0) is 85.6 Å². The maximum Gasteiger partial charge on any atom is 0.128 e. The number of fused-ring (bicyclic) bond motifs is 2. The molecule has 0 atom stereocenters. The lowest BCUT2D eigenvalue weighted by atomic mass is 10.2. The Morgan fingerprint density at radius 1 is 0.606 bits per heavy atom. The first-order chi connectivity index (χ1) is 16.2. The van der Waals surface area contributed by atoms with Crippen LogP contribution in [0.1, 0.15) is 11.1 Å². The van der Waals surface area contributed by atoms with Gasteiger partial charge in [0.15, 0.2) is 0 Å². The molecule has 0 spiro atoms. The van der Waals surface area contributed by atoms with Gasteiger partial charge in [-0.25, -0.2) is 0 Å². The zero-order chi connectivity index (χ0) is 22.4. The second kappa shape index (κ2) is 7.64. The minimum absolute atomic E-state index is 0.810. The van der Waals surface area contributed by atoms with Gasteiger partial charge in [0.05, 0.1) is 34.8 Å². The van der Waals surface area contributed by atoms with Crippen LogP contribution in [0.4, 0.5) is 0 Å². The van der Waals surface area contributed by atoms with Crippen LogP contribution in [-0.2, 0) is 0 Å². The lowest BCUT2D eigenvalue weighted by molar-refractivity contribution is 0.484. The summed E-state index contributed by atoms with van der Waals surface area (Å²) < 4.78 is 10.6. The molecule has 5 nitrogen and oxygen atoms in total. The van der Waals surface area contributed by atoms with E-state index in [1.54, 1.807) is 0 Å². The topological polar surface area (TPSA) is 44.9 Å². The minimum Gasteiger partial charge on any atom is -0.457 e. The standard InChI is InChI=1S/C28H22N4O/c1-19-7-11-29-17-27(19)31-13-9-21-15-23(3-5-25(21)31)33-24-4-6-26-22(16-24)10-14-32(26)28-18-30-12-8-20(28)2/h3-18H,1-2H3. The SMILES string of the molecule is Cc1ccncc1-n1ccc2cc(Oc3ccc4c(ccn4-c4cnccc4C)c3)ccc21. The molecule has 6 rings (SSSR count). The van der Waals surface area contributed by atoms with Gasteiger partial charge in [-0.15, -0.1) is 0 Å². The second-order valence-electron chi connectivity index (χ2n) is 8.24. The van der Waals surface area contributed by atoms with Crippen LogP contribution in [-0.4, -0.2) is 19.1 Å². The maximum absolute atomic E-state index is 6.23. The third-order valence-electron chi connectivity index (χ3n) is 6.10. The van der Waals surface area contributed by atoms with Crippen LogP contribution in [0.3, 0.4) is 0 Å². The molecule has 0 N–H and O–H groups in total. The average molecular weight is 431 g/mol. The predicted octanol–water partition coefficient (Wildman–Crippen LogP) is 6.77. The number of rotatable bonds is 4. The van der Waals surface area contributed by atoms with Crippen molar-refractivity contribution < 1.29 is 4.74 Å². The van der Waals surface area contributed by atoms with E-state index < -0.39 is 0 Å². The molecule has 5 heteroatoms. The highest BCUT2D eigenvalue weighted by atomic mass is 16.5. The van der Waals surface area contributed by atoms with Crippen molar-refractivity contribution in [1.82, 2.24) is 19.1 Å². The summed E-state index contributed by atoms with van der Waals surface area (Å²) in [6, 6.07) is 20.6. The molecule has 0 aliphatic rings. The molecule has 160 valence electrons. The highest BCUT2D eigenvalue weighted by Gasteiger charge is 2.10. The average Bonchev–Trinajstić information content (AvgIpc) is 3.43. The number of ether oxygens (including phenoxy) is 1. The van der Waals surface area contributed by atoms with Crippen LogP contribution in [0.5, 0.6) is 11.5 Å². The summed E-state index contributed by atoms with van der Waals surface area (Å²) in [5.41, 5.74) is 6.78. The number of nitrogens with zero attached hydrogens (tertiary/aromatic N) is 4. The Morgan fingerprint density at radius 3 is 1.55 bits per heavy atom. The van der Waals surface area contributed by atoms with Crippen molar-refractivity contribution in [2.45, 2.75) is 13.8 Å². The Bertz CT molecular complexity index is 1500. The second-order valence-corrected chi connectivity index (χ2v) is 8.24. The van der Waals surface area contributed by atoms with Gasteiger partial charge in [-0.2, -0.15) is 0 Å². The van der Waals surface area contributed by atoms with E-state index in [0.717, 1.165) is 44.7 Å². The monoisotopic (exact) mass is 430 g/mol. The fraction of sp³-hybridized carbons (Fsp3) is 0.0714. The Morgan fingerprint density at radius 2 is 1.09 bits per heavy atom. The van der Waals surface area contributed by atoms with E-state index in [2.05, 4.69) is 81.7 Å². The molecule has 0 radical (unpaired) electrons. The first kappa shape index (κ1) is 19.3. The van der Waals surface area contributed by atoms with Crippen molar-refractivity contribution in [1.29, 1.82) is 0 Å². The Labute approximate surface area is 191 Å². The normalized spacial score (nSPS) is 11.3. The molecule has 6 aromatic rings. The molecule has 4 aromatic heterocycles. The molecule has 33 heavy (non-hydrogen) atoms. The van der Waals surface area contributed by atoms with Crippen LogP contribution >= 0.6 is 0 Å². The van der Waals surface area contributed by atoms with E-state index in [9.17, 15) is 0 Å². The van der Waals surface area contributed by atoms with Crippen LogP contribution in [0.15, 0.2) is 97.8 Å². The van der Waals surface area contributed by atoms with Crippen LogP contribution in [0, 0.1) is 13.8 Å². The number of aryl methyl sites for hydroxylation is 2. The molecule has 0 fully saturated rings. The highest BCUT2D eigenvalue weighted by Crippen LogP contribution is 2.31. The molecule has 0 bridgehead atoms. The molecule has 2 aromatic carbocycles. The van der Waals surface area contributed by atoms with Crippen LogP contribution in [0.25, 0.3) is 33.2 Å². The third-order valence-corrected chi connectivity index (χ3v) is 6.10. The van der Waals surface area contributed by atoms with E-state index in [-0.39, 0.29) is 0 Å². The van der Waals surface area contributed by atoms with Gasteiger partial charge in [0, 0.05) is 35.6 Å². The van der Waals surface area contributed by atoms with Crippen molar-refractivity contribution in [3.05, 3.63) is 109 Å². The fourth-order valence-corrected chi connectivity index (χ4v) is 4.34. The van der Waals surface area contributed by atoms with E-state index >= 15 is 0 Å². The van der Waals surface area contributed by atoms with E-state index in [4.69, 9.17) is 4.74 Å². The number of aromatic nitrogens is 4. The number of hydrogen-bond acceptors (Lipinski definition) is 3. The fourth-order valence-electron chi connectivity index (χ4n) is 4.34. The Balaban J connectivity index is 1.32. The summed E-state index contributed by atoms with van der Waals surface area (Å²) in [5, 5.41) is 2.24. The molecule has 0 saturated heterocycles. The molecule has 0 aliphatic carbocycles. The molecular weight excluding hydrogens is 408 g/mol. The summed E-state index contributed by atoms with van der Waals surface area (Å²) in [5.74, 6) is 1.62. The summed E-state index contributed by atoms with van der Waals surface area (Å²) in [4.78, 5) is 8.56. The zero-order valence-corrected chi connectivity index (χ0v) is 18.4. The van der Waals surface area contributed by atoms with E-state index in [1.165, 1.54) is 11.1 Å². The number of pyridine rings is 2. The van der Waals surface area contributed by atoms with Gasteiger partial charge in [0.2, 0.25) is 0 Å². The number of hydrogen-bond donors (Lipinski definition) is 0. The molecular formula is C28H22N4O. The van der Waals surface area contributed by atoms with Gasteiger partial charge in [-0.3, -0.25) is 9.97 Å². The highest BCUT2D eigenvalue weighted by molar-refractivity contribution is 5.85. The summed E-state index contributed by atoms with van der Waals surface area (Å²) in [7, 11) is 0. The summed E-state index contributed by atoms with van der Waals surface area (Å²) >= 11 is 0. The first-order valence-corrected chi connectivity index (χ1v) is 10.9. The van der Waals surface area contributed by atoms with E-state index in [0.29, 0.717) is 0 Å². The van der Waals surface area contributed by atoms with Gasteiger partial charge >= 0.3 is 0 Å².